The van der Waals surface area contributed by atoms with Gasteiger partial charge in [0.25, 0.3) is 0 Å². The van der Waals surface area contributed by atoms with E-state index in [-0.39, 0.29) is 12.7 Å². The summed E-state index contributed by atoms with van der Waals surface area (Å²) in [4.78, 5) is 14.7. The zero-order valence-corrected chi connectivity index (χ0v) is 7.98. The lowest BCUT2D eigenvalue weighted by Crippen LogP contribution is -2.33. The van der Waals surface area contributed by atoms with Crippen LogP contribution in [0.1, 0.15) is 12.8 Å². The molecule has 0 unspecified atom stereocenters. The highest BCUT2D eigenvalue weighted by molar-refractivity contribution is 5.76. The molecule has 8 N–H and O–H groups in total. The van der Waals surface area contributed by atoms with Crippen molar-refractivity contribution < 1.29 is 9.53 Å². The largest absolute Gasteiger partial charge is 0.449 e. The summed E-state index contributed by atoms with van der Waals surface area (Å²) in [5, 5.41) is 0. The number of nitrogens with zero attached hydrogens (tertiary/aromatic N) is 1. The Morgan fingerprint density at radius 1 is 1.43 bits per heavy atom. The summed E-state index contributed by atoms with van der Waals surface area (Å²) in [5.74, 6) is -0.472. The second kappa shape index (κ2) is 7.10. The van der Waals surface area contributed by atoms with Crippen LogP contribution in [0.3, 0.4) is 0 Å². The smallest absolute Gasteiger partial charge is 0.324 e. The van der Waals surface area contributed by atoms with Crippen LogP contribution >= 0.6 is 0 Å². The summed E-state index contributed by atoms with van der Waals surface area (Å²) in [5.41, 5.74) is 20.7. The molecule has 0 saturated heterocycles. The third-order valence-corrected chi connectivity index (χ3v) is 1.50. The molecular formula is C7H17N5O2. The van der Waals surface area contributed by atoms with Crippen LogP contribution in [0.25, 0.3) is 0 Å². The Hall–Kier alpha value is -1.34. The summed E-state index contributed by atoms with van der Waals surface area (Å²) in [6.45, 7) is 0.298. The van der Waals surface area contributed by atoms with Crippen LogP contribution in [-0.4, -0.2) is 31.2 Å². The highest BCUT2D eigenvalue weighted by atomic mass is 16.5. The van der Waals surface area contributed by atoms with Gasteiger partial charge in [-0.25, -0.2) is 0 Å². The van der Waals surface area contributed by atoms with Crippen LogP contribution in [0.2, 0.25) is 0 Å². The molecule has 7 heteroatoms. The van der Waals surface area contributed by atoms with E-state index in [1.165, 1.54) is 0 Å². The van der Waals surface area contributed by atoms with Crippen LogP contribution in [0.15, 0.2) is 4.99 Å². The van der Waals surface area contributed by atoms with Crippen molar-refractivity contribution in [1.82, 2.24) is 0 Å². The fourth-order valence-corrected chi connectivity index (χ4v) is 0.826. The van der Waals surface area contributed by atoms with Gasteiger partial charge in [0.05, 0.1) is 0 Å². The number of hydrogen-bond acceptors (Lipinski definition) is 5. The van der Waals surface area contributed by atoms with Gasteiger partial charge in [-0.2, -0.15) is 0 Å². The molecule has 1 atom stereocenters. The van der Waals surface area contributed by atoms with E-state index < -0.39 is 12.0 Å². The molecule has 0 aliphatic rings. The predicted molar refractivity (Wildman–Crippen MR) is 53.0 cm³/mol. The van der Waals surface area contributed by atoms with Gasteiger partial charge >= 0.3 is 5.97 Å². The molecule has 0 aromatic rings. The second-order valence-corrected chi connectivity index (χ2v) is 2.69. The molecule has 0 spiro atoms. The van der Waals surface area contributed by atoms with E-state index >= 15 is 0 Å². The second-order valence-electron chi connectivity index (χ2n) is 2.69. The lowest BCUT2D eigenvalue weighted by atomic mass is 10.2. The molecular weight excluding hydrogens is 186 g/mol. The molecule has 0 amide bonds. The number of nitrogens with two attached hydrogens (primary N) is 4. The van der Waals surface area contributed by atoms with Gasteiger partial charge in [-0.05, 0) is 12.8 Å². The minimum Gasteiger partial charge on any atom is -0.449 e. The Labute approximate surface area is 82.5 Å². The van der Waals surface area contributed by atoms with Crippen LogP contribution in [-0.2, 0) is 9.53 Å². The van der Waals surface area contributed by atoms with E-state index in [1.54, 1.807) is 0 Å². The molecule has 14 heavy (non-hydrogen) atoms. The van der Waals surface area contributed by atoms with Crippen molar-refractivity contribution in [2.45, 2.75) is 18.9 Å². The van der Waals surface area contributed by atoms with Gasteiger partial charge in [0.1, 0.15) is 12.8 Å². The third-order valence-electron chi connectivity index (χ3n) is 1.50. The summed E-state index contributed by atoms with van der Waals surface area (Å²) in [6.07, 6.45) is 1.09. The molecule has 0 bridgehead atoms. The molecule has 7 nitrogen and oxygen atoms in total. The molecule has 0 radical (unpaired) electrons. The number of carbonyl (C=O) groups excluding carboxylic acids is 1. The molecule has 0 aliphatic heterocycles. The summed E-state index contributed by atoms with van der Waals surface area (Å²) in [7, 11) is 0. The van der Waals surface area contributed by atoms with E-state index in [0.717, 1.165) is 0 Å². The molecule has 0 aromatic carbocycles. The van der Waals surface area contributed by atoms with Crippen molar-refractivity contribution in [2.24, 2.45) is 27.9 Å². The van der Waals surface area contributed by atoms with Crippen LogP contribution in [0.5, 0.6) is 0 Å². The van der Waals surface area contributed by atoms with Gasteiger partial charge < -0.3 is 21.9 Å². The van der Waals surface area contributed by atoms with E-state index in [9.17, 15) is 4.79 Å². The Bertz CT molecular complexity index is 202. The first-order valence-corrected chi connectivity index (χ1v) is 4.25. The van der Waals surface area contributed by atoms with Gasteiger partial charge in [-0.3, -0.25) is 15.5 Å². The van der Waals surface area contributed by atoms with Crippen LogP contribution < -0.4 is 22.9 Å². The number of guanidine groups is 1. The Kier molecular flexibility index (Phi) is 6.42. The lowest BCUT2D eigenvalue weighted by Gasteiger charge is -2.08. The van der Waals surface area contributed by atoms with Gasteiger partial charge in [0, 0.05) is 6.54 Å². The van der Waals surface area contributed by atoms with E-state index in [4.69, 9.17) is 22.9 Å². The first kappa shape index (κ1) is 12.7. The maximum absolute atomic E-state index is 11.0. The summed E-state index contributed by atoms with van der Waals surface area (Å²) in [6, 6.07) is -0.659. The average Bonchev–Trinajstić information content (AvgIpc) is 2.12. The predicted octanol–water partition coefficient (Wildman–Crippen LogP) is -2.17. The van der Waals surface area contributed by atoms with Crippen LogP contribution in [0.4, 0.5) is 0 Å². The SMILES string of the molecule is NCOC(=O)[C@@H](N)CCCN=C(N)N. The summed E-state index contributed by atoms with van der Waals surface area (Å²) >= 11 is 0. The quantitative estimate of drug-likeness (QED) is 0.127. The minimum absolute atomic E-state index is 0.0307. The lowest BCUT2D eigenvalue weighted by molar-refractivity contribution is -0.145. The maximum Gasteiger partial charge on any atom is 0.324 e. The summed E-state index contributed by atoms with van der Waals surface area (Å²) < 4.78 is 4.51. The number of hydrogen-bond donors (Lipinski definition) is 4. The number of carbonyl (C=O) groups is 1. The van der Waals surface area contributed by atoms with Crippen molar-refractivity contribution in [3.63, 3.8) is 0 Å². The fourth-order valence-electron chi connectivity index (χ4n) is 0.826. The Morgan fingerprint density at radius 2 is 2.07 bits per heavy atom. The Balaban J connectivity index is 3.58. The zero-order valence-electron chi connectivity index (χ0n) is 7.98. The van der Waals surface area contributed by atoms with E-state index in [2.05, 4.69) is 9.73 Å². The fraction of sp³-hybridized carbons (Fsp3) is 0.714. The zero-order chi connectivity index (χ0) is 11.0. The number of aliphatic imine (C=N–C) groups is 1. The number of rotatable bonds is 6. The van der Waals surface area contributed by atoms with Gasteiger partial charge in [0.15, 0.2) is 5.96 Å². The first-order chi connectivity index (χ1) is 6.57. The maximum atomic E-state index is 11.0. The number of ether oxygens (including phenoxy) is 1. The van der Waals surface area contributed by atoms with Crippen molar-refractivity contribution in [3.05, 3.63) is 0 Å². The molecule has 0 rings (SSSR count). The van der Waals surface area contributed by atoms with Gasteiger partial charge in [-0.1, -0.05) is 0 Å². The molecule has 0 heterocycles. The third kappa shape index (κ3) is 6.21. The molecule has 82 valence electrons. The molecule has 0 aliphatic carbocycles. The van der Waals surface area contributed by atoms with E-state index in [1.807, 2.05) is 0 Å². The number of esters is 1. The van der Waals surface area contributed by atoms with Crippen molar-refractivity contribution in [3.8, 4) is 0 Å². The van der Waals surface area contributed by atoms with Crippen molar-refractivity contribution in [2.75, 3.05) is 13.3 Å². The standard InChI is InChI=1S/C7H17N5O2/c8-4-14-6(13)5(9)2-1-3-12-7(10)11/h5H,1-4,8-9H2,(H4,10,11,12)/t5-/m0/s1. The van der Waals surface area contributed by atoms with Crippen molar-refractivity contribution in [1.29, 1.82) is 0 Å². The minimum atomic E-state index is -0.659. The monoisotopic (exact) mass is 203 g/mol. The van der Waals surface area contributed by atoms with Gasteiger partial charge in [-0.15, -0.1) is 0 Å². The highest BCUT2D eigenvalue weighted by Gasteiger charge is 2.13. The average molecular weight is 203 g/mol. The van der Waals surface area contributed by atoms with Crippen molar-refractivity contribution >= 4 is 11.9 Å². The highest BCUT2D eigenvalue weighted by Crippen LogP contribution is 1.96. The van der Waals surface area contributed by atoms with E-state index in [0.29, 0.717) is 19.4 Å². The normalized spacial score (nSPS) is 11.9. The topological polar surface area (TPSA) is 143 Å². The Morgan fingerprint density at radius 3 is 2.57 bits per heavy atom. The van der Waals surface area contributed by atoms with Gasteiger partial charge in [0.2, 0.25) is 0 Å². The van der Waals surface area contributed by atoms with Crippen LogP contribution in [0, 0.1) is 0 Å². The first-order valence-electron chi connectivity index (χ1n) is 4.25. The molecule has 0 fully saturated rings. The molecule has 0 saturated carbocycles. The molecule has 0 aromatic heterocycles.